The Balaban J connectivity index is 1.17. The average molecular weight is 423 g/mol. The van der Waals surface area contributed by atoms with E-state index in [1.165, 1.54) is 12.8 Å². The summed E-state index contributed by atoms with van der Waals surface area (Å²) in [5.41, 5.74) is 1.14. The Morgan fingerprint density at radius 2 is 1.93 bits per heavy atom. The Labute approximate surface area is 177 Å². The third-order valence-corrected chi connectivity index (χ3v) is 6.53. The maximum Gasteiger partial charge on any atom is 0.407 e. The van der Waals surface area contributed by atoms with Crippen LogP contribution in [0.15, 0.2) is 18.2 Å². The highest BCUT2D eigenvalue weighted by Crippen LogP contribution is 2.36. The smallest absolute Gasteiger partial charge is 0.407 e. The van der Waals surface area contributed by atoms with Gasteiger partial charge in [0.05, 0.1) is 24.3 Å². The maximum absolute atomic E-state index is 11.9. The van der Waals surface area contributed by atoms with Crippen LogP contribution in [0.1, 0.15) is 44.1 Å². The second-order valence-corrected chi connectivity index (χ2v) is 8.77. The number of carbonyl (C=O) groups excluding carboxylic acids is 1. The first kappa shape index (κ1) is 20.8. The third-order valence-electron chi connectivity index (χ3n) is 6.10. The van der Waals surface area contributed by atoms with E-state index in [2.05, 4.69) is 16.3 Å². The number of likely N-dealkylation sites (tertiary alicyclic amines) is 1. The van der Waals surface area contributed by atoms with Crippen LogP contribution in [0.4, 0.5) is 4.79 Å². The molecule has 2 aliphatic heterocycles. The van der Waals surface area contributed by atoms with Crippen LogP contribution in [-0.4, -0.2) is 56.0 Å². The van der Waals surface area contributed by atoms with Crippen LogP contribution in [0.2, 0.25) is 5.02 Å². The van der Waals surface area contributed by atoms with Crippen LogP contribution < -0.4 is 10.1 Å². The van der Waals surface area contributed by atoms with Crippen LogP contribution in [0.25, 0.3) is 0 Å². The van der Waals surface area contributed by atoms with Crippen molar-refractivity contribution in [3.63, 3.8) is 0 Å². The van der Waals surface area contributed by atoms with Crippen LogP contribution in [0, 0.1) is 5.92 Å². The lowest BCUT2D eigenvalue weighted by Crippen LogP contribution is -2.42. The summed E-state index contributed by atoms with van der Waals surface area (Å²) in [5.74, 6) is 1.20. The quantitative estimate of drug-likeness (QED) is 0.719. The first-order valence-corrected chi connectivity index (χ1v) is 11.2. The highest BCUT2D eigenvalue weighted by atomic mass is 35.5. The van der Waals surface area contributed by atoms with Gasteiger partial charge in [-0.1, -0.05) is 23.7 Å². The molecule has 160 valence electrons. The number of nitrogens with zero attached hydrogens (tertiary/aromatic N) is 1. The summed E-state index contributed by atoms with van der Waals surface area (Å²) in [6.07, 6.45) is 5.77. The van der Waals surface area contributed by atoms with Crippen LogP contribution in [0.5, 0.6) is 5.75 Å². The number of amides is 1. The maximum atomic E-state index is 11.9. The fourth-order valence-electron chi connectivity index (χ4n) is 4.28. The number of hydrogen-bond acceptors (Lipinski definition) is 5. The fourth-order valence-corrected chi connectivity index (χ4v) is 4.51. The molecule has 7 heteroatoms. The second kappa shape index (κ2) is 10.0. The Morgan fingerprint density at radius 3 is 2.69 bits per heavy atom. The lowest BCUT2D eigenvalue weighted by atomic mass is 9.82. The molecule has 2 heterocycles. The van der Waals surface area contributed by atoms with E-state index >= 15 is 0 Å². The molecule has 29 heavy (non-hydrogen) atoms. The van der Waals surface area contributed by atoms with Crippen LogP contribution in [-0.2, 0) is 16.0 Å². The van der Waals surface area contributed by atoms with Gasteiger partial charge in [-0.25, -0.2) is 4.79 Å². The van der Waals surface area contributed by atoms with Gasteiger partial charge >= 0.3 is 6.09 Å². The number of nitrogens with one attached hydrogen (secondary N) is 1. The van der Waals surface area contributed by atoms with E-state index < -0.39 is 0 Å². The lowest BCUT2D eigenvalue weighted by molar-refractivity contribution is -0.0000379. The van der Waals surface area contributed by atoms with Crippen molar-refractivity contribution in [2.75, 3.05) is 32.8 Å². The molecule has 1 amide bonds. The van der Waals surface area contributed by atoms with Gasteiger partial charge in [0.15, 0.2) is 0 Å². The zero-order valence-corrected chi connectivity index (χ0v) is 17.7. The number of hydrogen-bond donors (Lipinski definition) is 1. The zero-order valence-electron chi connectivity index (χ0n) is 16.9. The Hall–Kier alpha value is -1.50. The van der Waals surface area contributed by atoms with Crippen molar-refractivity contribution in [3.05, 3.63) is 28.8 Å². The van der Waals surface area contributed by atoms with Crippen molar-refractivity contribution >= 4 is 17.7 Å². The average Bonchev–Trinajstić information content (AvgIpc) is 3.20. The van der Waals surface area contributed by atoms with Crippen molar-refractivity contribution in [2.45, 2.75) is 57.3 Å². The predicted octanol–water partition coefficient (Wildman–Crippen LogP) is 4.00. The molecule has 2 saturated heterocycles. The molecule has 4 rings (SSSR count). The lowest BCUT2D eigenvalue weighted by Gasteiger charge is -2.35. The second-order valence-electron chi connectivity index (χ2n) is 8.39. The minimum atomic E-state index is -0.320. The highest BCUT2D eigenvalue weighted by Gasteiger charge is 2.32. The van der Waals surface area contributed by atoms with E-state index in [-0.39, 0.29) is 18.3 Å². The van der Waals surface area contributed by atoms with Gasteiger partial charge < -0.3 is 19.5 Å². The normalized spacial score (nSPS) is 25.4. The molecule has 0 radical (unpaired) electrons. The molecule has 0 atom stereocenters. The summed E-state index contributed by atoms with van der Waals surface area (Å²) < 4.78 is 16.8. The number of rotatable bonds is 7. The number of ether oxygens (including phenoxy) is 3. The van der Waals surface area contributed by atoms with Gasteiger partial charge in [0.1, 0.15) is 11.9 Å². The van der Waals surface area contributed by atoms with Crippen molar-refractivity contribution in [3.8, 4) is 5.75 Å². The summed E-state index contributed by atoms with van der Waals surface area (Å²) in [6.45, 7) is 5.15. The Bertz CT molecular complexity index is 683. The molecule has 1 aromatic carbocycles. The van der Waals surface area contributed by atoms with Crippen LogP contribution >= 0.6 is 11.6 Å². The van der Waals surface area contributed by atoms with Gasteiger partial charge in [-0.05, 0) is 56.3 Å². The molecule has 6 nitrogen and oxygen atoms in total. The molecular formula is C22H31ClN2O4. The first-order chi connectivity index (χ1) is 14.2. The van der Waals surface area contributed by atoms with E-state index in [0.717, 1.165) is 61.7 Å². The van der Waals surface area contributed by atoms with Gasteiger partial charge in [-0.2, -0.15) is 0 Å². The van der Waals surface area contributed by atoms with Crippen molar-refractivity contribution in [2.24, 2.45) is 5.92 Å². The molecule has 0 unspecified atom stereocenters. The molecule has 3 aliphatic rings. The van der Waals surface area contributed by atoms with Crippen molar-refractivity contribution in [1.29, 1.82) is 0 Å². The van der Waals surface area contributed by atoms with Gasteiger partial charge in [-0.3, -0.25) is 4.90 Å². The summed E-state index contributed by atoms with van der Waals surface area (Å²) in [5, 5.41) is 3.63. The van der Waals surface area contributed by atoms with Gasteiger partial charge in [-0.15, -0.1) is 0 Å². The molecule has 1 aliphatic carbocycles. The number of alkyl carbamates (subject to hydrolysis) is 1. The summed E-state index contributed by atoms with van der Waals surface area (Å²) in [4.78, 5) is 14.4. The molecule has 0 aromatic heterocycles. The molecular weight excluding hydrogens is 392 g/mol. The molecule has 1 aromatic rings. The first-order valence-electron chi connectivity index (χ1n) is 10.9. The number of halogens is 1. The molecule has 0 spiro atoms. The largest absolute Gasteiger partial charge is 0.489 e. The highest BCUT2D eigenvalue weighted by molar-refractivity contribution is 6.32. The van der Waals surface area contributed by atoms with E-state index in [1.807, 2.05) is 12.1 Å². The van der Waals surface area contributed by atoms with Crippen molar-refractivity contribution in [1.82, 2.24) is 10.2 Å². The Kier molecular flexibility index (Phi) is 7.16. The minimum absolute atomic E-state index is 0.0174. The van der Waals surface area contributed by atoms with Gasteiger partial charge in [0.25, 0.3) is 0 Å². The zero-order chi connectivity index (χ0) is 20.1. The molecule has 1 saturated carbocycles. The molecule has 3 fully saturated rings. The monoisotopic (exact) mass is 422 g/mol. The SMILES string of the molecule is O=C(NCC1CC(Oc2cccc(CN3CCCC3)c2Cl)C1)OC1CCOCC1. The molecule has 1 N–H and O–H groups in total. The summed E-state index contributed by atoms with van der Waals surface area (Å²) >= 11 is 6.61. The van der Waals surface area contributed by atoms with E-state index in [1.54, 1.807) is 0 Å². The van der Waals surface area contributed by atoms with Crippen molar-refractivity contribution < 1.29 is 19.0 Å². The summed E-state index contributed by atoms with van der Waals surface area (Å²) in [6, 6.07) is 6.06. The van der Waals surface area contributed by atoms with E-state index in [0.29, 0.717) is 25.7 Å². The fraction of sp³-hybridized carbons (Fsp3) is 0.682. The Morgan fingerprint density at radius 1 is 1.17 bits per heavy atom. The predicted molar refractivity (Wildman–Crippen MR) is 111 cm³/mol. The van der Waals surface area contributed by atoms with Gasteiger partial charge in [0, 0.05) is 25.9 Å². The third kappa shape index (κ3) is 5.77. The summed E-state index contributed by atoms with van der Waals surface area (Å²) in [7, 11) is 0. The standard InChI is InChI=1S/C22H31ClN2O4/c23-21-17(15-25-8-1-2-9-25)4-3-5-20(21)28-19-12-16(13-19)14-24-22(26)29-18-6-10-27-11-7-18/h3-5,16,18-19H,1-2,6-15H2,(H,24,26). The number of benzene rings is 1. The van der Waals surface area contributed by atoms with E-state index in [9.17, 15) is 4.79 Å². The number of carbonyl (C=O) groups is 1. The van der Waals surface area contributed by atoms with E-state index in [4.69, 9.17) is 25.8 Å². The molecule has 0 bridgehead atoms. The minimum Gasteiger partial charge on any atom is -0.489 e. The van der Waals surface area contributed by atoms with Gasteiger partial charge in [0.2, 0.25) is 0 Å². The topological polar surface area (TPSA) is 60.0 Å². The van der Waals surface area contributed by atoms with Crippen LogP contribution in [0.3, 0.4) is 0 Å².